The van der Waals surface area contributed by atoms with Crippen LogP contribution in [0.15, 0.2) is 16.7 Å². The molecule has 0 radical (unpaired) electrons. The van der Waals surface area contributed by atoms with Crippen molar-refractivity contribution in [2.24, 2.45) is 0 Å². The predicted molar refractivity (Wildman–Crippen MR) is 99.3 cm³/mol. The summed E-state index contributed by atoms with van der Waals surface area (Å²) < 4.78 is 10.9. The summed E-state index contributed by atoms with van der Waals surface area (Å²) in [5.41, 5.74) is 3.63. The van der Waals surface area contributed by atoms with Gasteiger partial charge in [-0.15, -0.1) is 0 Å². The molecule has 0 atom stereocenters. The lowest BCUT2D eigenvalue weighted by Crippen LogP contribution is -2.38. The molecular formula is C19H25ClN2O3. The molecule has 1 aliphatic rings. The van der Waals surface area contributed by atoms with Gasteiger partial charge in [0.1, 0.15) is 5.58 Å². The lowest BCUT2D eigenvalue weighted by Gasteiger charge is -2.26. The number of benzene rings is 1. The SMILES string of the molecule is Cc1cc2occ(CC(=O)NCCCN3CCOCC3)c2c(C)c1Cl. The minimum Gasteiger partial charge on any atom is -0.464 e. The maximum Gasteiger partial charge on any atom is 0.224 e. The van der Waals surface area contributed by atoms with E-state index in [1.54, 1.807) is 6.26 Å². The van der Waals surface area contributed by atoms with Gasteiger partial charge < -0.3 is 14.5 Å². The van der Waals surface area contributed by atoms with Gasteiger partial charge in [0.05, 0.1) is 25.9 Å². The lowest BCUT2D eigenvalue weighted by atomic mass is 10.0. The Labute approximate surface area is 153 Å². The summed E-state index contributed by atoms with van der Waals surface area (Å²) in [5.74, 6) is 0.0146. The fourth-order valence-electron chi connectivity index (χ4n) is 3.33. The molecule has 6 heteroatoms. The molecule has 1 aromatic carbocycles. The third-order valence-corrected chi connectivity index (χ3v) is 5.30. The van der Waals surface area contributed by atoms with Crippen molar-refractivity contribution < 1.29 is 13.9 Å². The van der Waals surface area contributed by atoms with Gasteiger partial charge in [0.25, 0.3) is 0 Å². The van der Waals surface area contributed by atoms with Gasteiger partial charge in [0, 0.05) is 35.6 Å². The fourth-order valence-corrected chi connectivity index (χ4v) is 3.48. The van der Waals surface area contributed by atoms with Gasteiger partial charge in [-0.05, 0) is 44.0 Å². The largest absolute Gasteiger partial charge is 0.464 e. The summed E-state index contributed by atoms with van der Waals surface area (Å²) in [6, 6.07) is 1.93. The van der Waals surface area contributed by atoms with Gasteiger partial charge >= 0.3 is 0 Å². The van der Waals surface area contributed by atoms with E-state index in [1.165, 1.54) is 0 Å². The minimum absolute atomic E-state index is 0.0146. The first-order chi connectivity index (χ1) is 12.1. The van der Waals surface area contributed by atoms with Crippen LogP contribution in [0.25, 0.3) is 11.0 Å². The Morgan fingerprint density at radius 2 is 2.08 bits per heavy atom. The van der Waals surface area contributed by atoms with E-state index in [9.17, 15) is 4.79 Å². The molecule has 1 aromatic heterocycles. The Bertz CT molecular complexity index is 751. The van der Waals surface area contributed by atoms with Crippen molar-refractivity contribution in [3.8, 4) is 0 Å². The second kappa shape index (κ2) is 8.21. The third-order valence-electron chi connectivity index (χ3n) is 4.72. The van der Waals surface area contributed by atoms with E-state index < -0.39 is 0 Å². The number of nitrogens with zero attached hydrogens (tertiary/aromatic N) is 1. The van der Waals surface area contributed by atoms with Gasteiger partial charge in [-0.1, -0.05) is 11.6 Å². The first-order valence-corrected chi connectivity index (χ1v) is 9.16. The van der Waals surface area contributed by atoms with Gasteiger partial charge in [-0.3, -0.25) is 9.69 Å². The second-order valence-electron chi connectivity index (χ2n) is 6.60. The van der Waals surface area contributed by atoms with E-state index in [0.717, 1.165) is 72.0 Å². The van der Waals surface area contributed by atoms with Crippen LogP contribution in [0.1, 0.15) is 23.1 Å². The monoisotopic (exact) mass is 364 g/mol. The number of morpholine rings is 1. The van der Waals surface area contributed by atoms with Gasteiger partial charge in [-0.25, -0.2) is 0 Å². The molecule has 1 aliphatic heterocycles. The number of fused-ring (bicyclic) bond motifs is 1. The van der Waals surface area contributed by atoms with Crippen molar-refractivity contribution in [2.45, 2.75) is 26.7 Å². The predicted octanol–water partition coefficient (Wildman–Crippen LogP) is 3.08. The number of carbonyl (C=O) groups excluding carboxylic acids is 1. The molecule has 0 saturated carbocycles. The molecule has 0 unspecified atom stereocenters. The smallest absolute Gasteiger partial charge is 0.224 e. The van der Waals surface area contributed by atoms with Crippen LogP contribution < -0.4 is 5.32 Å². The number of rotatable bonds is 6. The molecule has 0 aliphatic carbocycles. The van der Waals surface area contributed by atoms with Crippen molar-refractivity contribution in [1.29, 1.82) is 0 Å². The Balaban J connectivity index is 1.53. The highest BCUT2D eigenvalue weighted by Gasteiger charge is 2.16. The summed E-state index contributed by atoms with van der Waals surface area (Å²) in [6.07, 6.45) is 2.92. The molecule has 2 heterocycles. The highest BCUT2D eigenvalue weighted by Crippen LogP contribution is 2.32. The van der Waals surface area contributed by atoms with Crippen LogP contribution in [0, 0.1) is 13.8 Å². The van der Waals surface area contributed by atoms with Crippen molar-refractivity contribution in [2.75, 3.05) is 39.4 Å². The second-order valence-corrected chi connectivity index (χ2v) is 6.98. The van der Waals surface area contributed by atoms with Gasteiger partial charge in [-0.2, -0.15) is 0 Å². The number of halogens is 1. The average molecular weight is 365 g/mol. The summed E-state index contributed by atoms with van der Waals surface area (Å²) in [7, 11) is 0. The molecule has 0 spiro atoms. The van der Waals surface area contributed by atoms with Gasteiger partial charge in [0.15, 0.2) is 0 Å². The number of furan rings is 1. The van der Waals surface area contributed by atoms with Crippen LogP contribution in [0.5, 0.6) is 0 Å². The van der Waals surface area contributed by atoms with Crippen molar-refractivity contribution >= 4 is 28.5 Å². The Morgan fingerprint density at radius 3 is 2.84 bits per heavy atom. The third kappa shape index (κ3) is 4.35. The highest BCUT2D eigenvalue weighted by molar-refractivity contribution is 6.33. The topological polar surface area (TPSA) is 54.7 Å². The summed E-state index contributed by atoms with van der Waals surface area (Å²) in [5, 5.41) is 4.69. The van der Waals surface area contributed by atoms with E-state index in [4.69, 9.17) is 20.8 Å². The number of ether oxygens (including phenoxy) is 1. The minimum atomic E-state index is 0.0146. The zero-order valence-corrected chi connectivity index (χ0v) is 15.6. The summed E-state index contributed by atoms with van der Waals surface area (Å²) in [4.78, 5) is 14.6. The maximum atomic E-state index is 12.2. The van der Waals surface area contributed by atoms with Gasteiger partial charge in [0.2, 0.25) is 5.91 Å². The molecule has 1 N–H and O–H groups in total. The molecule has 0 bridgehead atoms. The molecule has 25 heavy (non-hydrogen) atoms. The number of aryl methyl sites for hydroxylation is 2. The number of carbonyl (C=O) groups is 1. The molecule has 2 aromatic rings. The molecule has 3 rings (SSSR count). The first-order valence-electron chi connectivity index (χ1n) is 8.79. The maximum absolute atomic E-state index is 12.2. The number of hydrogen-bond acceptors (Lipinski definition) is 4. The number of nitrogens with one attached hydrogen (secondary N) is 1. The van der Waals surface area contributed by atoms with Crippen LogP contribution in [-0.2, 0) is 16.0 Å². The Kier molecular flexibility index (Phi) is 5.99. The van der Waals surface area contributed by atoms with E-state index in [2.05, 4.69) is 10.2 Å². The molecule has 1 saturated heterocycles. The van der Waals surface area contributed by atoms with Crippen molar-refractivity contribution in [1.82, 2.24) is 10.2 Å². The highest BCUT2D eigenvalue weighted by atomic mass is 35.5. The molecule has 5 nitrogen and oxygen atoms in total. The van der Waals surface area contributed by atoms with Crippen LogP contribution in [-0.4, -0.2) is 50.2 Å². The molecular weight excluding hydrogens is 340 g/mol. The number of amides is 1. The van der Waals surface area contributed by atoms with Crippen LogP contribution in [0.3, 0.4) is 0 Å². The standard InChI is InChI=1S/C19H25ClN2O3/c1-13-10-16-18(14(2)19(13)20)15(12-25-16)11-17(23)21-4-3-5-22-6-8-24-9-7-22/h10,12H,3-9,11H2,1-2H3,(H,21,23). The van der Waals surface area contributed by atoms with E-state index in [1.807, 2.05) is 19.9 Å². The summed E-state index contributed by atoms with van der Waals surface area (Å²) >= 11 is 6.34. The van der Waals surface area contributed by atoms with Crippen LogP contribution >= 0.6 is 11.6 Å². The normalized spacial score (nSPS) is 15.6. The van der Waals surface area contributed by atoms with E-state index in [-0.39, 0.29) is 5.91 Å². The fraction of sp³-hybridized carbons (Fsp3) is 0.526. The zero-order chi connectivity index (χ0) is 17.8. The van der Waals surface area contributed by atoms with Crippen LogP contribution in [0.2, 0.25) is 5.02 Å². The molecule has 1 fully saturated rings. The lowest BCUT2D eigenvalue weighted by molar-refractivity contribution is -0.120. The molecule has 1 amide bonds. The zero-order valence-electron chi connectivity index (χ0n) is 14.9. The summed E-state index contributed by atoms with van der Waals surface area (Å²) in [6.45, 7) is 9.18. The molecule has 136 valence electrons. The first kappa shape index (κ1) is 18.2. The quantitative estimate of drug-likeness (QED) is 0.800. The van der Waals surface area contributed by atoms with Crippen LogP contribution in [0.4, 0.5) is 0 Å². The van der Waals surface area contributed by atoms with Crippen molar-refractivity contribution in [3.05, 3.63) is 34.0 Å². The number of hydrogen-bond donors (Lipinski definition) is 1. The Morgan fingerprint density at radius 1 is 1.32 bits per heavy atom. The van der Waals surface area contributed by atoms with Crippen molar-refractivity contribution in [3.63, 3.8) is 0 Å². The Hall–Kier alpha value is -1.56. The average Bonchev–Trinajstić information content (AvgIpc) is 3.00. The van der Waals surface area contributed by atoms with E-state index >= 15 is 0 Å². The van der Waals surface area contributed by atoms with E-state index in [0.29, 0.717) is 13.0 Å².